The van der Waals surface area contributed by atoms with Crippen LogP contribution in [0.25, 0.3) is 0 Å². The lowest BCUT2D eigenvalue weighted by Gasteiger charge is -2.16. The average molecular weight is 226 g/mol. The van der Waals surface area contributed by atoms with Crippen molar-refractivity contribution < 1.29 is 9.90 Å². The highest BCUT2D eigenvalue weighted by Gasteiger charge is 2.30. The minimum Gasteiger partial charge on any atom is -0.393 e. The molecule has 1 amide bonds. The van der Waals surface area contributed by atoms with Crippen molar-refractivity contribution in [2.75, 3.05) is 19.6 Å². The molecule has 2 unspecified atom stereocenters. The van der Waals surface area contributed by atoms with Crippen molar-refractivity contribution in [3.05, 3.63) is 0 Å². The molecule has 1 saturated carbocycles. The van der Waals surface area contributed by atoms with Crippen LogP contribution < -0.4 is 10.6 Å². The zero-order valence-corrected chi connectivity index (χ0v) is 9.91. The van der Waals surface area contributed by atoms with Crippen molar-refractivity contribution >= 4 is 5.91 Å². The molecule has 4 heteroatoms. The first-order valence-corrected chi connectivity index (χ1v) is 6.33. The molecule has 92 valence electrons. The highest BCUT2D eigenvalue weighted by Crippen LogP contribution is 2.24. The SMILES string of the molecule is C[C@@H]1CNC[C@H]1C(=O)NCC1CCC(O)C1. The summed E-state index contributed by atoms with van der Waals surface area (Å²) in [7, 11) is 0. The summed E-state index contributed by atoms with van der Waals surface area (Å²) in [6.07, 6.45) is 2.63. The minimum atomic E-state index is -0.144. The predicted molar refractivity (Wildman–Crippen MR) is 61.9 cm³/mol. The van der Waals surface area contributed by atoms with Gasteiger partial charge in [0.25, 0.3) is 0 Å². The van der Waals surface area contributed by atoms with Crippen LogP contribution in [0.1, 0.15) is 26.2 Å². The van der Waals surface area contributed by atoms with Crippen molar-refractivity contribution in [1.29, 1.82) is 0 Å². The molecule has 0 aromatic rings. The molecule has 0 aromatic heterocycles. The molecule has 2 rings (SSSR count). The fourth-order valence-corrected chi connectivity index (χ4v) is 2.77. The summed E-state index contributed by atoms with van der Waals surface area (Å²) >= 11 is 0. The second-order valence-electron chi connectivity index (χ2n) is 5.32. The van der Waals surface area contributed by atoms with E-state index >= 15 is 0 Å². The van der Waals surface area contributed by atoms with Gasteiger partial charge in [0.15, 0.2) is 0 Å². The lowest BCUT2D eigenvalue weighted by Crippen LogP contribution is -2.36. The molecule has 1 aliphatic heterocycles. The Kier molecular flexibility index (Phi) is 3.82. The van der Waals surface area contributed by atoms with Gasteiger partial charge in [0, 0.05) is 13.1 Å². The van der Waals surface area contributed by atoms with E-state index in [2.05, 4.69) is 17.6 Å². The van der Waals surface area contributed by atoms with Gasteiger partial charge < -0.3 is 15.7 Å². The summed E-state index contributed by atoms with van der Waals surface area (Å²) in [5, 5.41) is 15.7. The normalized spacial score (nSPS) is 38.9. The maximum Gasteiger partial charge on any atom is 0.224 e. The first-order chi connectivity index (χ1) is 7.66. The van der Waals surface area contributed by atoms with Crippen molar-refractivity contribution in [1.82, 2.24) is 10.6 Å². The second kappa shape index (κ2) is 5.15. The number of aliphatic hydroxyl groups excluding tert-OH is 1. The molecule has 0 radical (unpaired) electrons. The maximum atomic E-state index is 11.9. The fraction of sp³-hybridized carbons (Fsp3) is 0.917. The molecular weight excluding hydrogens is 204 g/mol. The number of aliphatic hydroxyl groups is 1. The second-order valence-corrected chi connectivity index (χ2v) is 5.32. The van der Waals surface area contributed by atoms with Crippen LogP contribution in [0, 0.1) is 17.8 Å². The summed E-state index contributed by atoms with van der Waals surface area (Å²) in [4.78, 5) is 11.9. The third-order valence-electron chi connectivity index (χ3n) is 3.93. The van der Waals surface area contributed by atoms with Crippen LogP contribution in [-0.4, -0.2) is 36.8 Å². The van der Waals surface area contributed by atoms with E-state index in [9.17, 15) is 9.90 Å². The number of carbonyl (C=O) groups is 1. The van der Waals surface area contributed by atoms with Crippen LogP contribution in [0.5, 0.6) is 0 Å². The van der Waals surface area contributed by atoms with Gasteiger partial charge in [0.05, 0.1) is 12.0 Å². The van der Waals surface area contributed by atoms with Crippen LogP contribution in [-0.2, 0) is 4.79 Å². The summed E-state index contributed by atoms with van der Waals surface area (Å²) in [5.74, 6) is 1.23. The van der Waals surface area contributed by atoms with Crippen molar-refractivity contribution in [3.63, 3.8) is 0 Å². The Balaban J connectivity index is 1.71. The Morgan fingerprint density at radius 3 is 2.81 bits per heavy atom. The smallest absolute Gasteiger partial charge is 0.224 e. The summed E-state index contributed by atoms with van der Waals surface area (Å²) in [6.45, 7) is 4.60. The molecule has 2 aliphatic rings. The van der Waals surface area contributed by atoms with Gasteiger partial charge >= 0.3 is 0 Å². The zero-order valence-electron chi connectivity index (χ0n) is 9.91. The largest absolute Gasteiger partial charge is 0.393 e. The van der Waals surface area contributed by atoms with Gasteiger partial charge in [-0.1, -0.05) is 6.92 Å². The Labute approximate surface area is 96.8 Å². The third-order valence-corrected chi connectivity index (χ3v) is 3.93. The monoisotopic (exact) mass is 226 g/mol. The minimum absolute atomic E-state index is 0.131. The molecule has 4 atom stereocenters. The maximum absolute atomic E-state index is 11.9. The van der Waals surface area contributed by atoms with E-state index in [1.807, 2.05) is 0 Å². The molecule has 0 aromatic carbocycles. The van der Waals surface area contributed by atoms with Crippen LogP contribution in [0.3, 0.4) is 0 Å². The lowest BCUT2D eigenvalue weighted by atomic mass is 9.97. The van der Waals surface area contributed by atoms with Gasteiger partial charge in [0.1, 0.15) is 0 Å². The molecule has 3 N–H and O–H groups in total. The number of rotatable bonds is 3. The number of hydrogen-bond acceptors (Lipinski definition) is 3. The Bertz CT molecular complexity index is 257. The van der Waals surface area contributed by atoms with Crippen molar-refractivity contribution in [2.45, 2.75) is 32.3 Å². The summed E-state index contributed by atoms with van der Waals surface area (Å²) in [6, 6.07) is 0. The van der Waals surface area contributed by atoms with E-state index in [1.54, 1.807) is 0 Å². The van der Waals surface area contributed by atoms with Gasteiger partial charge in [-0.3, -0.25) is 4.79 Å². The fourth-order valence-electron chi connectivity index (χ4n) is 2.77. The standard InChI is InChI=1S/C12H22N2O2/c1-8-5-13-7-11(8)12(16)14-6-9-2-3-10(15)4-9/h8-11,13,15H,2-7H2,1H3,(H,14,16)/t8-,9?,10?,11-/m1/s1. The molecule has 1 heterocycles. The highest BCUT2D eigenvalue weighted by molar-refractivity contribution is 5.79. The summed E-state index contributed by atoms with van der Waals surface area (Å²) < 4.78 is 0. The van der Waals surface area contributed by atoms with Gasteiger partial charge in [-0.25, -0.2) is 0 Å². The number of amides is 1. The first kappa shape index (κ1) is 11.9. The van der Waals surface area contributed by atoms with E-state index in [0.717, 1.165) is 38.9 Å². The highest BCUT2D eigenvalue weighted by atomic mass is 16.3. The van der Waals surface area contributed by atoms with Gasteiger partial charge in [-0.2, -0.15) is 0 Å². The molecule has 4 nitrogen and oxygen atoms in total. The van der Waals surface area contributed by atoms with Crippen LogP contribution in [0.4, 0.5) is 0 Å². The topological polar surface area (TPSA) is 61.4 Å². The Hall–Kier alpha value is -0.610. The third kappa shape index (κ3) is 2.74. The van der Waals surface area contributed by atoms with Crippen LogP contribution >= 0.6 is 0 Å². The quantitative estimate of drug-likeness (QED) is 0.640. The Morgan fingerprint density at radius 2 is 2.25 bits per heavy atom. The van der Waals surface area contributed by atoms with Gasteiger partial charge in [-0.15, -0.1) is 0 Å². The zero-order chi connectivity index (χ0) is 11.5. The predicted octanol–water partition coefficient (Wildman–Crippen LogP) is 0.119. The van der Waals surface area contributed by atoms with Crippen LogP contribution in [0.15, 0.2) is 0 Å². The van der Waals surface area contributed by atoms with E-state index < -0.39 is 0 Å². The van der Waals surface area contributed by atoms with E-state index in [0.29, 0.717) is 11.8 Å². The van der Waals surface area contributed by atoms with E-state index in [4.69, 9.17) is 0 Å². The van der Waals surface area contributed by atoms with Crippen LogP contribution in [0.2, 0.25) is 0 Å². The van der Waals surface area contributed by atoms with Crippen molar-refractivity contribution in [3.8, 4) is 0 Å². The molecule has 1 aliphatic carbocycles. The van der Waals surface area contributed by atoms with E-state index in [-0.39, 0.29) is 17.9 Å². The molecule has 0 spiro atoms. The van der Waals surface area contributed by atoms with Gasteiger partial charge in [0.2, 0.25) is 5.91 Å². The molecule has 16 heavy (non-hydrogen) atoms. The Morgan fingerprint density at radius 1 is 1.44 bits per heavy atom. The van der Waals surface area contributed by atoms with E-state index in [1.165, 1.54) is 0 Å². The number of nitrogens with one attached hydrogen (secondary N) is 2. The summed E-state index contributed by atoms with van der Waals surface area (Å²) in [5.41, 5.74) is 0. The average Bonchev–Trinajstić information content (AvgIpc) is 2.84. The molecule has 0 bridgehead atoms. The molecule has 1 saturated heterocycles. The lowest BCUT2D eigenvalue weighted by molar-refractivity contribution is -0.125. The number of carbonyl (C=O) groups excluding carboxylic acids is 1. The molecule has 2 fully saturated rings. The van der Waals surface area contributed by atoms with Gasteiger partial charge in [-0.05, 0) is 37.6 Å². The number of hydrogen-bond donors (Lipinski definition) is 3. The molecular formula is C12H22N2O2. The van der Waals surface area contributed by atoms with Crippen molar-refractivity contribution in [2.24, 2.45) is 17.8 Å². The first-order valence-electron chi connectivity index (χ1n) is 6.33.